The number of carbonyl (C=O) groups excluding carboxylic acids is 1. The summed E-state index contributed by atoms with van der Waals surface area (Å²) in [6.45, 7) is -1.73. The molecule has 18 heavy (non-hydrogen) atoms. The van der Waals surface area contributed by atoms with Gasteiger partial charge in [-0.05, 0) is 12.8 Å². The fourth-order valence-corrected chi connectivity index (χ4v) is 1.93. The van der Waals surface area contributed by atoms with E-state index in [1.165, 1.54) is 0 Å². The van der Waals surface area contributed by atoms with Crippen LogP contribution in [0.3, 0.4) is 0 Å². The number of alkyl halides is 3. The van der Waals surface area contributed by atoms with Gasteiger partial charge in [-0.3, -0.25) is 0 Å². The molecule has 8 heteroatoms. The number of nitrogens with one attached hydrogen (secondary N) is 1. The summed E-state index contributed by atoms with van der Waals surface area (Å²) < 4.78 is 39.4. The van der Waals surface area contributed by atoms with Crippen LogP contribution >= 0.6 is 0 Å². The highest BCUT2D eigenvalue weighted by molar-refractivity contribution is 5.84. The lowest BCUT2D eigenvalue weighted by Gasteiger charge is -2.33. The van der Waals surface area contributed by atoms with Crippen LogP contribution in [-0.2, 0) is 9.53 Å². The molecule has 1 aliphatic rings. The van der Waals surface area contributed by atoms with E-state index in [-0.39, 0.29) is 12.8 Å². The third kappa shape index (κ3) is 4.08. The van der Waals surface area contributed by atoms with Crippen molar-refractivity contribution >= 4 is 12.1 Å². The second-order valence-corrected chi connectivity index (χ2v) is 4.26. The van der Waals surface area contributed by atoms with E-state index in [0.717, 1.165) is 6.42 Å². The van der Waals surface area contributed by atoms with E-state index in [2.05, 4.69) is 4.74 Å². The highest BCUT2D eigenvalue weighted by Gasteiger charge is 2.42. The minimum absolute atomic E-state index is 0.198. The maximum absolute atomic E-state index is 11.8. The third-order valence-corrected chi connectivity index (χ3v) is 2.82. The highest BCUT2D eigenvalue weighted by atomic mass is 19.4. The first-order valence-corrected chi connectivity index (χ1v) is 5.50. The van der Waals surface area contributed by atoms with Crippen LogP contribution < -0.4 is 5.32 Å². The molecule has 0 heterocycles. The molecule has 1 amide bonds. The van der Waals surface area contributed by atoms with Gasteiger partial charge in [-0.15, -0.1) is 0 Å². The number of aliphatic carboxylic acids is 1. The lowest BCUT2D eigenvalue weighted by atomic mass is 9.82. The van der Waals surface area contributed by atoms with Crippen molar-refractivity contribution in [3.8, 4) is 0 Å². The Morgan fingerprint density at radius 1 is 1.22 bits per heavy atom. The van der Waals surface area contributed by atoms with E-state index in [1.54, 1.807) is 0 Å². The van der Waals surface area contributed by atoms with Gasteiger partial charge in [-0.2, -0.15) is 13.2 Å². The van der Waals surface area contributed by atoms with Crippen LogP contribution in [0.1, 0.15) is 32.1 Å². The van der Waals surface area contributed by atoms with E-state index in [0.29, 0.717) is 12.8 Å². The predicted octanol–water partition coefficient (Wildman–Crippen LogP) is 2.06. The van der Waals surface area contributed by atoms with E-state index in [9.17, 15) is 22.8 Å². The average molecular weight is 269 g/mol. The molecule has 1 aliphatic carbocycles. The van der Waals surface area contributed by atoms with Crippen LogP contribution in [0.4, 0.5) is 18.0 Å². The van der Waals surface area contributed by atoms with Crippen molar-refractivity contribution in [1.82, 2.24) is 5.32 Å². The summed E-state index contributed by atoms with van der Waals surface area (Å²) in [5.74, 6) is -1.24. The molecule has 0 aromatic carbocycles. The molecule has 104 valence electrons. The molecule has 1 rings (SSSR count). The van der Waals surface area contributed by atoms with Crippen LogP contribution in [0.15, 0.2) is 0 Å². The molecule has 0 atom stereocenters. The number of alkyl carbamates (subject to hydrolysis) is 1. The van der Waals surface area contributed by atoms with Gasteiger partial charge >= 0.3 is 18.2 Å². The first-order chi connectivity index (χ1) is 8.25. The standard InChI is InChI=1S/C10H14F3NO4/c11-10(12,13)6-18-8(17)14-9(7(15)16)4-2-1-3-5-9/h1-6H2,(H,14,17)(H,15,16). The fourth-order valence-electron chi connectivity index (χ4n) is 1.93. The Balaban J connectivity index is 2.56. The van der Waals surface area contributed by atoms with Crippen molar-refractivity contribution in [2.45, 2.75) is 43.8 Å². The largest absolute Gasteiger partial charge is 0.480 e. The first kappa shape index (κ1) is 14.6. The zero-order valence-electron chi connectivity index (χ0n) is 9.55. The number of hydrogen-bond acceptors (Lipinski definition) is 3. The normalized spacial score (nSPS) is 19.1. The van der Waals surface area contributed by atoms with Crippen LogP contribution in [0.25, 0.3) is 0 Å². The number of halogens is 3. The molecule has 0 aliphatic heterocycles. The van der Waals surface area contributed by atoms with Gasteiger partial charge in [0.25, 0.3) is 0 Å². The zero-order chi connectivity index (χ0) is 13.8. The lowest BCUT2D eigenvalue weighted by Crippen LogP contribution is -2.56. The van der Waals surface area contributed by atoms with Crippen molar-refractivity contribution in [3.63, 3.8) is 0 Å². The van der Waals surface area contributed by atoms with Crippen LogP contribution in [0.2, 0.25) is 0 Å². The number of rotatable bonds is 3. The molecule has 0 unspecified atom stereocenters. The molecule has 0 radical (unpaired) electrons. The van der Waals surface area contributed by atoms with E-state index in [1.807, 2.05) is 5.32 Å². The van der Waals surface area contributed by atoms with Crippen molar-refractivity contribution in [1.29, 1.82) is 0 Å². The number of ether oxygens (including phenoxy) is 1. The summed E-state index contributed by atoms with van der Waals surface area (Å²) in [5, 5.41) is 11.1. The average Bonchev–Trinajstić information content (AvgIpc) is 2.26. The molecule has 1 saturated carbocycles. The summed E-state index contributed by atoms with van der Waals surface area (Å²) >= 11 is 0. The van der Waals surface area contributed by atoms with Gasteiger partial charge in [0.1, 0.15) is 5.54 Å². The maximum atomic E-state index is 11.8. The van der Waals surface area contributed by atoms with Gasteiger partial charge in [0.05, 0.1) is 0 Å². The Morgan fingerprint density at radius 2 is 1.78 bits per heavy atom. The second-order valence-electron chi connectivity index (χ2n) is 4.26. The van der Waals surface area contributed by atoms with E-state index >= 15 is 0 Å². The van der Waals surface area contributed by atoms with Crippen molar-refractivity contribution in [3.05, 3.63) is 0 Å². The molecular weight excluding hydrogens is 255 g/mol. The Bertz CT molecular complexity index is 324. The Morgan fingerprint density at radius 3 is 2.22 bits per heavy atom. The summed E-state index contributed by atoms with van der Waals surface area (Å²) in [7, 11) is 0. The Hall–Kier alpha value is -1.47. The Labute approximate surface area is 101 Å². The van der Waals surface area contributed by atoms with Crippen LogP contribution in [0.5, 0.6) is 0 Å². The summed E-state index contributed by atoms with van der Waals surface area (Å²) in [4.78, 5) is 22.3. The summed E-state index contributed by atoms with van der Waals surface area (Å²) in [6, 6.07) is 0. The van der Waals surface area contributed by atoms with E-state index < -0.39 is 30.4 Å². The topological polar surface area (TPSA) is 75.6 Å². The summed E-state index contributed by atoms with van der Waals surface area (Å²) in [5.41, 5.74) is -1.50. The fraction of sp³-hybridized carbons (Fsp3) is 0.800. The van der Waals surface area contributed by atoms with Gasteiger partial charge in [0.15, 0.2) is 6.61 Å². The van der Waals surface area contributed by atoms with Gasteiger partial charge in [0.2, 0.25) is 0 Å². The van der Waals surface area contributed by atoms with Gasteiger partial charge in [-0.25, -0.2) is 9.59 Å². The zero-order valence-corrected chi connectivity index (χ0v) is 9.55. The smallest absolute Gasteiger partial charge is 0.422 e. The third-order valence-electron chi connectivity index (χ3n) is 2.82. The highest BCUT2D eigenvalue weighted by Crippen LogP contribution is 2.28. The Kier molecular flexibility index (Phi) is 4.42. The SMILES string of the molecule is O=C(NC1(C(=O)O)CCCCC1)OCC(F)(F)F. The minimum atomic E-state index is -4.62. The molecule has 5 nitrogen and oxygen atoms in total. The second kappa shape index (κ2) is 5.45. The number of carboxylic acids is 1. The van der Waals surface area contributed by atoms with Crippen LogP contribution in [-0.4, -0.2) is 35.5 Å². The minimum Gasteiger partial charge on any atom is -0.480 e. The number of carboxylic acid groups (broad SMARTS) is 1. The molecule has 0 bridgehead atoms. The number of hydrogen-bond donors (Lipinski definition) is 2. The van der Waals surface area contributed by atoms with Gasteiger partial charge in [0, 0.05) is 0 Å². The molecular formula is C10H14F3NO4. The molecule has 0 aromatic heterocycles. The van der Waals surface area contributed by atoms with Crippen molar-refractivity contribution in [2.75, 3.05) is 6.61 Å². The lowest BCUT2D eigenvalue weighted by molar-refractivity contribution is -0.161. The van der Waals surface area contributed by atoms with E-state index in [4.69, 9.17) is 5.11 Å². The monoisotopic (exact) mass is 269 g/mol. The number of amides is 1. The maximum Gasteiger partial charge on any atom is 0.422 e. The summed E-state index contributed by atoms with van der Waals surface area (Å²) in [6.07, 6.45) is -3.53. The molecule has 0 saturated heterocycles. The molecule has 0 spiro atoms. The van der Waals surface area contributed by atoms with Gasteiger partial charge < -0.3 is 15.2 Å². The molecule has 1 fully saturated rings. The predicted molar refractivity (Wildman–Crippen MR) is 54.0 cm³/mol. The van der Waals surface area contributed by atoms with Crippen molar-refractivity contribution < 1.29 is 32.6 Å². The molecule has 2 N–H and O–H groups in total. The number of carbonyl (C=O) groups is 2. The van der Waals surface area contributed by atoms with Crippen molar-refractivity contribution in [2.24, 2.45) is 0 Å². The van der Waals surface area contributed by atoms with Gasteiger partial charge in [-0.1, -0.05) is 19.3 Å². The quantitative estimate of drug-likeness (QED) is 0.822. The molecule has 0 aromatic rings. The first-order valence-electron chi connectivity index (χ1n) is 5.50. The van der Waals surface area contributed by atoms with Crippen LogP contribution in [0, 0.1) is 0 Å².